The quantitative estimate of drug-likeness (QED) is 0.439. The second-order valence-corrected chi connectivity index (χ2v) is 5.16. The van der Waals surface area contributed by atoms with E-state index in [9.17, 15) is 0 Å². The lowest BCUT2D eigenvalue weighted by Gasteiger charge is -2.14. The molecule has 0 spiro atoms. The highest BCUT2D eigenvalue weighted by atomic mass is 32.2. The zero-order valence-electron chi connectivity index (χ0n) is 13.2. The summed E-state index contributed by atoms with van der Waals surface area (Å²) in [6.45, 7) is 6.21. The minimum absolute atomic E-state index is 0.613. The Morgan fingerprint density at radius 2 is 2.10 bits per heavy atom. The van der Waals surface area contributed by atoms with Gasteiger partial charge in [0.1, 0.15) is 0 Å². The van der Waals surface area contributed by atoms with Gasteiger partial charge in [0, 0.05) is 24.1 Å². The maximum atomic E-state index is 5.51. The summed E-state index contributed by atoms with van der Waals surface area (Å²) in [6, 6.07) is 5.76. The van der Waals surface area contributed by atoms with E-state index in [2.05, 4.69) is 21.9 Å². The topological polar surface area (TPSA) is 54.9 Å². The zero-order valence-corrected chi connectivity index (χ0v) is 14.0. The van der Waals surface area contributed by atoms with Gasteiger partial charge in [-0.3, -0.25) is 4.99 Å². The third kappa shape index (κ3) is 6.16. The summed E-state index contributed by atoms with van der Waals surface area (Å²) in [6.07, 6.45) is 2.08. The zero-order chi connectivity index (χ0) is 15.5. The second kappa shape index (κ2) is 10.2. The van der Waals surface area contributed by atoms with Crippen LogP contribution >= 0.6 is 11.8 Å². The number of hydrogen-bond donors (Lipinski definition) is 2. The van der Waals surface area contributed by atoms with Crippen LogP contribution in [0.2, 0.25) is 0 Å². The first-order valence-corrected chi connectivity index (χ1v) is 8.49. The van der Waals surface area contributed by atoms with Crippen molar-refractivity contribution < 1.29 is 9.47 Å². The SMILES string of the molecule is CCNC(=NCCSC)Nc1ccc(OCC)c(OC)c1. The molecule has 21 heavy (non-hydrogen) atoms. The van der Waals surface area contributed by atoms with Crippen LogP contribution in [0.25, 0.3) is 0 Å². The van der Waals surface area contributed by atoms with Gasteiger partial charge in [-0.2, -0.15) is 11.8 Å². The van der Waals surface area contributed by atoms with E-state index >= 15 is 0 Å². The van der Waals surface area contributed by atoms with Crippen LogP contribution in [-0.4, -0.2) is 44.8 Å². The van der Waals surface area contributed by atoms with E-state index in [1.54, 1.807) is 18.9 Å². The van der Waals surface area contributed by atoms with Crippen molar-refractivity contribution in [3.05, 3.63) is 18.2 Å². The van der Waals surface area contributed by atoms with Crippen molar-refractivity contribution in [2.75, 3.05) is 44.1 Å². The van der Waals surface area contributed by atoms with Crippen molar-refractivity contribution in [1.29, 1.82) is 0 Å². The number of ether oxygens (including phenoxy) is 2. The van der Waals surface area contributed by atoms with Crippen LogP contribution in [0.4, 0.5) is 5.69 Å². The maximum absolute atomic E-state index is 5.51. The van der Waals surface area contributed by atoms with Gasteiger partial charge in [0.25, 0.3) is 0 Å². The molecule has 0 aliphatic heterocycles. The van der Waals surface area contributed by atoms with Crippen LogP contribution in [-0.2, 0) is 0 Å². The van der Waals surface area contributed by atoms with Gasteiger partial charge in [-0.1, -0.05) is 0 Å². The molecular weight excluding hydrogens is 286 g/mol. The standard InChI is InChI=1S/C15H25N3O2S/c1-5-16-15(17-9-10-21-4)18-12-7-8-13(20-6-2)14(11-12)19-3/h7-8,11H,5-6,9-10H2,1-4H3,(H2,16,17,18). The molecule has 0 aliphatic carbocycles. The number of thioether (sulfide) groups is 1. The number of guanidine groups is 1. The third-order valence-electron chi connectivity index (χ3n) is 2.64. The van der Waals surface area contributed by atoms with E-state index in [-0.39, 0.29) is 0 Å². The number of rotatable bonds is 8. The number of nitrogens with one attached hydrogen (secondary N) is 2. The minimum atomic E-state index is 0.613. The van der Waals surface area contributed by atoms with Gasteiger partial charge < -0.3 is 20.1 Å². The van der Waals surface area contributed by atoms with Crippen LogP contribution in [0.1, 0.15) is 13.8 Å². The summed E-state index contributed by atoms with van der Waals surface area (Å²) >= 11 is 1.78. The summed E-state index contributed by atoms with van der Waals surface area (Å²) in [5.41, 5.74) is 0.916. The fourth-order valence-electron chi connectivity index (χ4n) is 1.71. The molecule has 0 saturated carbocycles. The number of aliphatic imine (C=N–C) groups is 1. The molecule has 0 fully saturated rings. The number of nitrogens with zero attached hydrogens (tertiary/aromatic N) is 1. The van der Waals surface area contributed by atoms with Gasteiger partial charge in [-0.05, 0) is 32.2 Å². The van der Waals surface area contributed by atoms with E-state index in [4.69, 9.17) is 9.47 Å². The molecule has 1 rings (SSSR count). The smallest absolute Gasteiger partial charge is 0.195 e. The Morgan fingerprint density at radius 1 is 1.29 bits per heavy atom. The van der Waals surface area contributed by atoms with Gasteiger partial charge in [0.05, 0.1) is 20.3 Å². The fourth-order valence-corrected chi connectivity index (χ4v) is 1.99. The van der Waals surface area contributed by atoms with E-state index in [0.717, 1.165) is 36.2 Å². The molecule has 0 unspecified atom stereocenters. The molecule has 5 nitrogen and oxygen atoms in total. The largest absolute Gasteiger partial charge is 0.493 e. The third-order valence-corrected chi connectivity index (χ3v) is 3.23. The van der Waals surface area contributed by atoms with Crippen molar-refractivity contribution in [2.45, 2.75) is 13.8 Å². The Labute approximate surface area is 131 Å². The van der Waals surface area contributed by atoms with E-state index in [1.807, 2.05) is 32.0 Å². The molecule has 6 heteroatoms. The monoisotopic (exact) mass is 311 g/mol. The predicted octanol–water partition coefficient (Wildman–Crippen LogP) is 2.83. The number of methoxy groups -OCH3 is 1. The summed E-state index contributed by atoms with van der Waals surface area (Å²) in [4.78, 5) is 4.51. The Hall–Kier alpha value is -1.56. The Bertz CT molecular complexity index is 453. The average Bonchev–Trinajstić information content (AvgIpc) is 2.49. The van der Waals surface area contributed by atoms with Crippen molar-refractivity contribution in [3.63, 3.8) is 0 Å². The van der Waals surface area contributed by atoms with Crippen LogP contribution in [0.3, 0.4) is 0 Å². The highest BCUT2D eigenvalue weighted by Gasteiger charge is 2.06. The number of anilines is 1. The lowest BCUT2D eigenvalue weighted by molar-refractivity contribution is 0.311. The van der Waals surface area contributed by atoms with Crippen LogP contribution in [0, 0.1) is 0 Å². The number of hydrogen-bond acceptors (Lipinski definition) is 4. The Balaban J connectivity index is 2.80. The molecule has 1 aromatic rings. The predicted molar refractivity (Wildman–Crippen MR) is 92.1 cm³/mol. The van der Waals surface area contributed by atoms with E-state index in [1.165, 1.54) is 0 Å². The van der Waals surface area contributed by atoms with Crippen molar-refractivity contribution >= 4 is 23.4 Å². The van der Waals surface area contributed by atoms with Crippen LogP contribution in [0.5, 0.6) is 11.5 Å². The molecule has 0 radical (unpaired) electrons. The molecular formula is C15H25N3O2S. The molecule has 0 saturated heterocycles. The van der Waals surface area contributed by atoms with Gasteiger partial charge in [-0.25, -0.2) is 0 Å². The Kier molecular flexibility index (Phi) is 8.50. The molecule has 0 aliphatic rings. The number of benzene rings is 1. The molecule has 1 aromatic carbocycles. The first-order valence-electron chi connectivity index (χ1n) is 7.10. The minimum Gasteiger partial charge on any atom is -0.493 e. The molecule has 0 amide bonds. The first-order chi connectivity index (χ1) is 10.2. The lowest BCUT2D eigenvalue weighted by atomic mass is 10.2. The molecule has 0 aromatic heterocycles. The van der Waals surface area contributed by atoms with Crippen molar-refractivity contribution in [3.8, 4) is 11.5 Å². The Morgan fingerprint density at radius 3 is 2.71 bits per heavy atom. The normalized spacial score (nSPS) is 11.1. The summed E-state index contributed by atoms with van der Waals surface area (Å²) < 4.78 is 10.9. The van der Waals surface area contributed by atoms with Gasteiger partial charge in [0.15, 0.2) is 17.5 Å². The maximum Gasteiger partial charge on any atom is 0.195 e. The van der Waals surface area contributed by atoms with E-state index in [0.29, 0.717) is 12.4 Å². The molecule has 0 heterocycles. The summed E-state index contributed by atoms with van der Waals surface area (Å²) in [7, 11) is 1.64. The summed E-state index contributed by atoms with van der Waals surface area (Å²) in [5, 5.41) is 6.50. The van der Waals surface area contributed by atoms with E-state index < -0.39 is 0 Å². The second-order valence-electron chi connectivity index (χ2n) is 4.18. The average molecular weight is 311 g/mol. The molecule has 118 valence electrons. The van der Waals surface area contributed by atoms with Crippen LogP contribution < -0.4 is 20.1 Å². The van der Waals surface area contributed by atoms with Gasteiger partial charge in [0.2, 0.25) is 0 Å². The lowest BCUT2D eigenvalue weighted by Crippen LogP contribution is -2.30. The molecule has 0 atom stereocenters. The molecule has 0 bridgehead atoms. The summed E-state index contributed by atoms with van der Waals surface area (Å²) in [5.74, 6) is 3.23. The van der Waals surface area contributed by atoms with Crippen molar-refractivity contribution in [2.24, 2.45) is 4.99 Å². The molecule has 2 N–H and O–H groups in total. The van der Waals surface area contributed by atoms with Gasteiger partial charge in [-0.15, -0.1) is 0 Å². The first kappa shape index (κ1) is 17.5. The highest BCUT2D eigenvalue weighted by molar-refractivity contribution is 7.98. The fraction of sp³-hybridized carbons (Fsp3) is 0.533. The highest BCUT2D eigenvalue weighted by Crippen LogP contribution is 2.30. The van der Waals surface area contributed by atoms with Gasteiger partial charge >= 0.3 is 0 Å². The van der Waals surface area contributed by atoms with Crippen LogP contribution in [0.15, 0.2) is 23.2 Å². The van der Waals surface area contributed by atoms with Crippen molar-refractivity contribution in [1.82, 2.24) is 5.32 Å².